The van der Waals surface area contributed by atoms with Gasteiger partial charge >= 0.3 is 0 Å². The van der Waals surface area contributed by atoms with Gasteiger partial charge in [0.15, 0.2) is 11.6 Å². The van der Waals surface area contributed by atoms with Gasteiger partial charge in [-0.2, -0.15) is 9.97 Å². The zero-order valence-corrected chi connectivity index (χ0v) is 34.6. The molecule has 3 aromatic heterocycles. The number of para-hydroxylation sites is 3. The van der Waals surface area contributed by atoms with Crippen LogP contribution < -0.4 is 0 Å². The molecule has 0 saturated heterocycles. The number of hydrogen-bond acceptors (Lipinski definition) is 3. The van der Waals surface area contributed by atoms with E-state index in [0.717, 1.165) is 44.0 Å². The number of aromatic nitrogens is 5. The Hall–Kier alpha value is -8.67. The predicted octanol–water partition coefficient (Wildman–Crippen LogP) is 15.0. The summed E-state index contributed by atoms with van der Waals surface area (Å²) in [5.41, 5.74) is 12.2. The number of fused-ring (bicyclic) bond motifs is 9. The van der Waals surface area contributed by atoms with Crippen LogP contribution in [0.1, 0.15) is 0 Å². The second-order valence-electron chi connectivity index (χ2n) is 16.4. The molecule has 13 rings (SSSR count). The van der Waals surface area contributed by atoms with Gasteiger partial charge in [-0.3, -0.25) is 4.57 Å². The highest BCUT2D eigenvalue weighted by atomic mass is 15.2. The van der Waals surface area contributed by atoms with Crippen LogP contribution in [0.25, 0.3) is 122 Å². The first-order valence-corrected chi connectivity index (χ1v) is 21.7. The molecule has 5 nitrogen and oxygen atoms in total. The molecule has 0 unspecified atom stereocenters. The third-order valence-corrected chi connectivity index (χ3v) is 12.7. The van der Waals surface area contributed by atoms with Gasteiger partial charge in [0.25, 0.3) is 0 Å². The summed E-state index contributed by atoms with van der Waals surface area (Å²) in [6, 6.07) is 80.1. The normalized spacial score (nSPS) is 11.8. The second kappa shape index (κ2) is 14.5. The quantitative estimate of drug-likeness (QED) is 0.157. The van der Waals surface area contributed by atoms with Gasteiger partial charge in [0.1, 0.15) is 0 Å². The lowest BCUT2D eigenvalue weighted by Crippen LogP contribution is -2.06. The first-order valence-electron chi connectivity index (χ1n) is 21.7. The molecule has 0 aliphatic rings. The molecule has 0 spiro atoms. The average Bonchev–Trinajstić information content (AvgIpc) is 3.88. The van der Waals surface area contributed by atoms with Gasteiger partial charge < -0.3 is 4.57 Å². The van der Waals surface area contributed by atoms with Crippen molar-refractivity contribution in [3.63, 3.8) is 0 Å². The van der Waals surface area contributed by atoms with Crippen molar-refractivity contribution in [2.75, 3.05) is 0 Å². The molecule has 0 saturated carbocycles. The third-order valence-electron chi connectivity index (χ3n) is 12.7. The van der Waals surface area contributed by atoms with E-state index >= 15 is 0 Å². The molecule has 10 aromatic carbocycles. The summed E-state index contributed by atoms with van der Waals surface area (Å²) in [5.74, 6) is 1.83. The van der Waals surface area contributed by atoms with Crippen molar-refractivity contribution in [3.05, 3.63) is 224 Å². The standard InChI is InChI=1S/C59H37N5/c1-5-17-38(18-6-1)41-29-31-45-48(42-30-32-55-51(34-42)46-25-13-15-27-53(46)63(55)44-23-11-4-12-24-44)35-43-36-56-52(37-49(43)50(45)33-41)47-26-14-16-28-54(47)64(56)59-61-57(39-19-7-2-8-20-39)60-58(62-59)40-21-9-3-10-22-40/h1-37H. The van der Waals surface area contributed by atoms with Crippen LogP contribution in [0.3, 0.4) is 0 Å². The summed E-state index contributed by atoms with van der Waals surface area (Å²) >= 11 is 0. The molecule has 5 heteroatoms. The minimum absolute atomic E-state index is 0.575. The summed E-state index contributed by atoms with van der Waals surface area (Å²) < 4.78 is 4.60. The van der Waals surface area contributed by atoms with E-state index in [-0.39, 0.29) is 0 Å². The Morgan fingerprint density at radius 1 is 0.266 bits per heavy atom. The maximum Gasteiger partial charge on any atom is 0.238 e. The first kappa shape index (κ1) is 36.0. The molecular weight excluding hydrogens is 779 g/mol. The van der Waals surface area contributed by atoms with Crippen LogP contribution in [-0.4, -0.2) is 24.1 Å². The van der Waals surface area contributed by atoms with E-state index in [4.69, 9.17) is 15.0 Å². The Morgan fingerprint density at radius 2 is 0.781 bits per heavy atom. The SMILES string of the molecule is c1ccc(-c2ccc3c(-c4ccc5c(c4)c4ccccc4n5-c4ccccc4)cc4cc5c(cc4c3c2)c2ccccc2n5-c2nc(-c3ccccc3)nc(-c3ccccc3)n2)cc1. The predicted molar refractivity (Wildman–Crippen MR) is 265 cm³/mol. The summed E-state index contributed by atoms with van der Waals surface area (Å²) in [4.78, 5) is 15.5. The summed E-state index contributed by atoms with van der Waals surface area (Å²) in [7, 11) is 0. The van der Waals surface area contributed by atoms with E-state index in [1.807, 2.05) is 36.4 Å². The lowest BCUT2D eigenvalue weighted by Gasteiger charge is -2.15. The van der Waals surface area contributed by atoms with Crippen molar-refractivity contribution in [1.82, 2.24) is 24.1 Å². The van der Waals surface area contributed by atoms with Crippen molar-refractivity contribution in [2.45, 2.75) is 0 Å². The second-order valence-corrected chi connectivity index (χ2v) is 16.4. The summed E-state index contributed by atoms with van der Waals surface area (Å²) in [6.07, 6.45) is 0. The van der Waals surface area contributed by atoms with E-state index < -0.39 is 0 Å². The van der Waals surface area contributed by atoms with Gasteiger partial charge in [0, 0.05) is 38.4 Å². The van der Waals surface area contributed by atoms with Gasteiger partial charge in [0.05, 0.1) is 22.1 Å². The van der Waals surface area contributed by atoms with E-state index in [1.165, 1.54) is 60.2 Å². The fraction of sp³-hybridized carbons (Fsp3) is 0. The zero-order valence-electron chi connectivity index (χ0n) is 34.6. The van der Waals surface area contributed by atoms with Crippen molar-refractivity contribution in [3.8, 4) is 56.7 Å². The van der Waals surface area contributed by atoms with E-state index in [0.29, 0.717) is 17.6 Å². The molecule has 13 aromatic rings. The lowest BCUT2D eigenvalue weighted by molar-refractivity contribution is 0.954. The molecule has 0 radical (unpaired) electrons. The topological polar surface area (TPSA) is 48.5 Å². The van der Waals surface area contributed by atoms with Crippen molar-refractivity contribution >= 4 is 65.2 Å². The first-order chi connectivity index (χ1) is 31.7. The van der Waals surface area contributed by atoms with Crippen molar-refractivity contribution in [2.24, 2.45) is 0 Å². The van der Waals surface area contributed by atoms with Crippen LogP contribution in [0.2, 0.25) is 0 Å². The minimum Gasteiger partial charge on any atom is -0.309 e. The Labute approximate surface area is 368 Å². The minimum atomic E-state index is 0.575. The number of benzene rings is 10. The molecule has 298 valence electrons. The van der Waals surface area contributed by atoms with Crippen LogP contribution in [0, 0.1) is 0 Å². The van der Waals surface area contributed by atoms with Crippen LogP contribution in [0.15, 0.2) is 224 Å². The van der Waals surface area contributed by atoms with E-state index in [9.17, 15) is 0 Å². The van der Waals surface area contributed by atoms with Crippen LogP contribution >= 0.6 is 0 Å². The van der Waals surface area contributed by atoms with Gasteiger partial charge in [0.2, 0.25) is 5.95 Å². The third kappa shape index (κ3) is 5.75. The fourth-order valence-electron chi connectivity index (χ4n) is 9.78. The Balaban J connectivity index is 1.10. The number of hydrogen-bond donors (Lipinski definition) is 0. The molecule has 3 heterocycles. The highest BCUT2D eigenvalue weighted by Gasteiger charge is 2.21. The Morgan fingerprint density at radius 3 is 1.44 bits per heavy atom. The summed E-state index contributed by atoms with van der Waals surface area (Å²) in [5, 5.41) is 9.47. The number of rotatable bonds is 6. The average molecular weight is 816 g/mol. The molecule has 0 aliphatic heterocycles. The van der Waals surface area contributed by atoms with Crippen LogP contribution in [0.4, 0.5) is 0 Å². The van der Waals surface area contributed by atoms with Gasteiger partial charge in [-0.15, -0.1) is 0 Å². The van der Waals surface area contributed by atoms with Gasteiger partial charge in [-0.25, -0.2) is 4.98 Å². The largest absolute Gasteiger partial charge is 0.309 e. The molecular formula is C59H37N5. The van der Waals surface area contributed by atoms with E-state index in [1.54, 1.807) is 0 Å². The Bertz CT molecular complexity index is 3870. The molecule has 0 amide bonds. The fourth-order valence-corrected chi connectivity index (χ4v) is 9.78. The van der Waals surface area contributed by atoms with Crippen molar-refractivity contribution in [1.29, 1.82) is 0 Å². The highest BCUT2D eigenvalue weighted by molar-refractivity contribution is 6.22. The monoisotopic (exact) mass is 815 g/mol. The Kier molecular flexibility index (Phi) is 8.15. The maximum atomic E-state index is 5.23. The van der Waals surface area contributed by atoms with Crippen LogP contribution in [-0.2, 0) is 0 Å². The maximum absolute atomic E-state index is 5.23. The molecule has 0 N–H and O–H groups in total. The van der Waals surface area contributed by atoms with Crippen molar-refractivity contribution < 1.29 is 0 Å². The molecule has 0 fully saturated rings. The molecule has 0 aliphatic carbocycles. The zero-order chi connectivity index (χ0) is 42.1. The molecule has 64 heavy (non-hydrogen) atoms. The summed E-state index contributed by atoms with van der Waals surface area (Å²) in [6.45, 7) is 0. The smallest absolute Gasteiger partial charge is 0.238 e. The van der Waals surface area contributed by atoms with Gasteiger partial charge in [-0.05, 0) is 104 Å². The van der Waals surface area contributed by atoms with Crippen LogP contribution in [0.5, 0.6) is 0 Å². The highest BCUT2D eigenvalue weighted by Crippen LogP contribution is 2.43. The number of nitrogens with zero attached hydrogens (tertiary/aromatic N) is 5. The van der Waals surface area contributed by atoms with Gasteiger partial charge in [-0.1, -0.05) is 164 Å². The van der Waals surface area contributed by atoms with E-state index in [2.05, 4.69) is 197 Å². The molecule has 0 atom stereocenters. The lowest BCUT2D eigenvalue weighted by atomic mass is 9.90. The molecule has 0 bridgehead atoms.